The summed E-state index contributed by atoms with van der Waals surface area (Å²) in [6.07, 6.45) is 2.62. The van der Waals surface area contributed by atoms with Gasteiger partial charge >= 0.3 is 5.97 Å². The first-order valence-electron chi connectivity index (χ1n) is 5.49. The van der Waals surface area contributed by atoms with E-state index in [0.717, 1.165) is 30.9 Å². The van der Waals surface area contributed by atoms with Crippen molar-refractivity contribution in [2.45, 2.75) is 38.3 Å². The highest BCUT2D eigenvalue weighted by molar-refractivity contribution is 7.10. The molecule has 1 saturated heterocycles. The fourth-order valence-electron chi connectivity index (χ4n) is 2.14. The van der Waals surface area contributed by atoms with Gasteiger partial charge in [-0.2, -0.15) is 0 Å². The number of nitrogens with zero attached hydrogens (tertiary/aromatic N) is 3. The van der Waals surface area contributed by atoms with Crippen LogP contribution < -0.4 is 0 Å². The van der Waals surface area contributed by atoms with Crippen molar-refractivity contribution in [1.29, 1.82) is 0 Å². The van der Waals surface area contributed by atoms with E-state index in [2.05, 4.69) is 9.59 Å². The van der Waals surface area contributed by atoms with Crippen LogP contribution in [0.2, 0.25) is 4.34 Å². The van der Waals surface area contributed by atoms with Gasteiger partial charge in [-0.3, -0.25) is 9.69 Å². The number of aromatic nitrogens is 2. The molecule has 0 aliphatic carbocycles. The number of carboxylic acid groups (broad SMARTS) is 1. The predicted octanol–water partition coefficient (Wildman–Crippen LogP) is 2.02. The third-order valence-corrected chi connectivity index (χ3v) is 4.33. The van der Waals surface area contributed by atoms with Crippen LogP contribution in [0, 0.1) is 0 Å². The van der Waals surface area contributed by atoms with E-state index in [1.54, 1.807) is 6.92 Å². The minimum absolute atomic E-state index is 0.456. The van der Waals surface area contributed by atoms with Gasteiger partial charge in [0.2, 0.25) is 0 Å². The number of hydrogen-bond acceptors (Lipinski definition) is 5. The smallest absolute Gasteiger partial charge is 0.323 e. The molecule has 1 aromatic rings. The van der Waals surface area contributed by atoms with Crippen molar-refractivity contribution in [3.8, 4) is 0 Å². The minimum atomic E-state index is -0.814. The molecule has 17 heavy (non-hydrogen) atoms. The summed E-state index contributed by atoms with van der Waals surface area (Å²) in [5.74, 6) is -0.781. The summed E-state index contributed by atoms with van der Waals surface area (Å²) in [6.45, 7) is 2.98. The average molecular weight is 276 g/mol. The number of piperidine rings is 1. The van der Waals surface area contributed by atoms with Crippen LogP contribution in [-0.4, -0.2) is 37.6 Å². The van der Waals surface area contributed by atoms with Crippen LogP contribution in [0.3, 0.4) is 0 Å². The van der Waals surface area contributed by atoms with Crippen molar-refractivity contribution in [2.24, 2.45) is 0 Å². The second-order valence-corrected chi connectivity index (χ2v) is 5.81. The van der Waals surface area contributed by atoms with Crippen LogP contribution in [0.25, 0.3) is 0 Å². The van der Waals surface area contributed by atoms with E-state index in [-0.39, 0.29) is 0 Å². The van der Waals surface area contributed by atoms with E-state index in [4.69, 9.17) is 11.6 Å². The van der Waals surface area contributed by atoms with Crippen molar-refractivity contribution >= 4 is 29.1 Å². The Hall–Kier alpha value is -0.720. The lowest BCUT2D eigenvalue weighted by molar-refractivity contribution is -0.153. The van der Waals surface area contributed by atoms with Crippen LogP contribution in [0.15, 0.2) is 0 Å². The lowest BCUT2D eigenvalue weighted by Crippen LogP contribution is -2.54. The molecule has 0 amide bonds. The number of carboxylic acids is 1. The number of rotatable bonds is 3. The molecule has 1 aromatic heterocycles. The summed E-state index contributed by atoms with van der Waals surface area (Å²) in [4.78, 5) is 13.3. The molecule has 2 rings (SSSR count). The molecule has 1 N–H and O–H groups in total. The van der Waals surface area contributed by atoms with Crippen molar-refractivity contribution in [3.05, 3.63) is 10.0 Å². The molecule has 0 saturated carbocycles. The second-order valence-electron chi connectivity index (χ2n) is 4.45. The monoisotopic (exact) mass is 275 g/mol. The van der Waals surface area contributed by atoms with Gasteiger partial charge in [-0.15, -0.1) is 5.10 Å². The lowest BCUT2D eigenvalue weighted by atomic mass is 9.88. The average Bonchev–Trinajstić information content (AvgIpc) is 2.68. The van der Waals surface area contributed by atoms with Gasteiger partial charge in [0, 0.05) is 18.1 Å². The molecule has 1 aliphatic rings. The second kappa shape index (κ2) is 4.88. The van der Waals surface area contributed by atoms with E-state index in [1.165, 1.54) is 0 Å². The minimum Gasteiger partial charge on any atom is -0.480 e. The SMILES string of the molecule is CC1(C(=O)O)CCCCN1Cc1nnsc1Cl. The number of likely N-dealkylation sites (tertiary alicyclic amines) is 1. The quantitative estimate of drug-likeness (QED) is 0.914. The maximum atomic E-state index is 11.4. The molecule has 2 heterocycles. The van der Waals surface area contributed by atoms with Crippen LogP contribution >= 0.6 is 23.1 Å². The zero-order valence-electron chi connectivity index (χ0n) is 9.52. The molecule has 1 fully saturated rings. The highest BCUT2D eigenvalue weighted by Crippen LogP contribution is 2.31. The number of halogens is 1. The topological polar surface area (TPSA) is 66.3 Å². The zero-order chi connectivity index (χ0) is 12.5. The Bertz CT molecular complexity index is 425. The van der Waals surface area contributed by atoms with E-state index < -0.39 is 11.5 Å². The molecule has 7 heteroatoms. The Morgan fingerprint density at radius 2 is 2.41 bits per heavy atom. The molecular weight excluding hydrogens is 262 g/mol. The third-order valence-electron chi connectivity index (χ3n) is 3.35. The predicted molar refractivity (Wildman–Crippen MR) is 65.2 cm³/mol. The molecule has 1 aliphatic heterocycles. The molecular formula is C10H14ClN3O2S. The van der Waals surface area contributed by atoms with Gasteiger partial charge in [-0.1, -0.05) is 16.1 Å². The van der Waals surface area contributed by atoms with Crippen molar-refractivity contribution in [2.75, 3.05) is 6.54 Å². The molecule has 1 atom stereocenters. The first-order valence-corrected chi connectivity index (χ1v) is 6.64. The summed E-state index contributed by atoms with van der Waals surface area (Å²) >= 11 is 7.08. The maximum Gasteiger partial charge on any atom is 0.323 e. The van der Waals surface area contributed by atoms with E-state index in [9.17, 15) is 9.90 Å². The molecule has 1 unspecified atom stereocenters. The van der Waals surface area contributed by atoms with Gasteiger partial charge in [-0.05, 0) is 32.7 Å². The highest BCUT2D eigenvalue weighted by Gasteiger charge is 2.41. The standard InChI is InChI=1S/C10H14ClN3O2S/c1-10(9(15)16)4-2-3-5-14(10)6-7-8(11)17-13-12-7/h2-6H2,1H3,(H,15,16). The Morgan fingerprint density at radius 3 is 3.00 bits per heavy atom. The Balaban J connectivity index is 2.18. The summed E-state index contributed by atoms with van der Waals surface area (Å²) < 4.78 is 4.31. The van der Waals surface area contributed by atoms with Gasteiger partial charge in [0.05, 0.1) is 0 Å². The first kappa shape index (κ1) is 12.7. The van der Waals surface area contributed by atoms with Crippen LogP contribution in [0.4, 0.5) is 0 Å². The van der Waals surface area contributed by atoms with Gasteiger partial charge in [-0.25, -0.2) is 0 Å². The molecule has 0 radical (unpaired) electrons. The number of hydrogen-bond donors (Lipinski definition) is 1. The largest absolute Gasteiger partial charge is 0.480 e. The fourth-order valence-corrected chi connectivity index (χ4v) is 2.76. The molecule has 0 bridgehead atoms. The van der Waals surface area contributed by atoms with Crippen LogP contribution in [0.1, 0.15) is 31.9 Å². The van der Waals surface area contributed by atoms with Gasteiger partial charge < -0.3 is 5.11 Å². The van der Waals surface area contributed by atoms with Gasteiger partial charge in [0.25, 0.3) is 0 Å². The molecule has 0 spiro atoms. The van der Waals surface area contributed by atoms with Gasteiger partial charge in [0.1, 0.15) is 15.6 Å². The lowest BCUT2D eigenvalue weighted by Gasteiger charge is -2.41. The first-order chi connectivity index (χ1) is 8.04. The summed E-state index contributed by atoms with van der Waals surface area (Å²) in [5, 5.41) is 13.3. The Labute approximate surface area is 109 Å². The Kier molecular flexibility index (Phi) is 3.65. The van der Waals surface area contributed by atoms with Gasteiger partial charge in [0.15, 0.2) is 0 Å². The number of carbonyl (C=O) groups is 1. The Morgan fingerprint density at radius 1 is 1.65 bits per heavy atom. The fraction of sp³-hybridized carbons (Fsp3) is 0.700. The van der Waals surface area contributed by atoms with Crippen LogP contribution in [0.5, 0.6) is 0 Å². The molecule has 0 aromatic carbocycles. The summed E-state index contributed by atoms with van der Waals surface area (Å²) in [7, 11) is 0. The number of aliphatic carboxylic acids is 1. The van der Waals surface area contributed by atoms with E-state index in [0.29, 0.717) is 23.0 Å². The van der Waals surface area contributed by atoms with E-state index in [1.807, 2.05) is 4.90 Å². The van der Waals surface area contributed by atoms with Crippen LogP contribution in [-0.2, 0) is 11.3 Å². The van der Waals surface area contributed by atoms with Crippen molar-refractivity contribution in [3.63, 3.8) is 0 Å². The summed E-state index contributed by atoms with van der Waals surface area (Å²) in [5.41, 5.74) is -0.142. The third kappa shape index (κ3) is 2.43. The zero-order valence-corrected chi connectivity index (χ0v) is 11.1. The van der Waals surface area contributed by atoms with Crippen molar-refractivity contribution < 1.29 is 9.90 Å². The normalized spacial score (nSPS) is 26.0. The van der Waals surface area contributed by atoms with E-state index >= 15 is 0 Å². The summed E-state index contributed by atoms with van der Waals surface area (Å²) in [6, 6.07) is 0. The van der Waals surface area contributed by atoms with Crippen molar-refractivity contribution in [1.82, 2.24) is 14.5 Å². The molecule has 5 nitrogen and oxygen atoms in total. The molecule has 94 valence electrons. The maximum absolute atomic E-state index is 11.4. The highest BCUT2D eigenvalue weighted by atomic mass is 35.5.